The first kappa shape index (κ1) is 25.7. The number of hydrogen-bond acceptors (Lipinski definition) is 4. The van der Waals surface area contributed by atoms with Crippen LogP contribution in [0.5, 0.6) is 0 Å². The van der Waals surface area contributed by atoms with Gasteiger partial charge in [-0.05, 0) is 25.0 Å². The van der Waals surface area contributed by atoms with Gasteiger partial charge in [-0.1, -0.05) is 50.7 Å². The molecule has 0 atom stereocenters. The zero-order valence-electron chi connectivity index (χ0n) is 16.7. The number of carbonyl (C=O) groups excluding carboxylic acids is 1. The van der Waals surface area contributed by atoms with Gasteiger partial charge in [-0.2, -0.15) is 0 Å². The SMILES string of the molecule is O=C(O)CCSc1ccccc1NC(=O)CCCCCCCCCCP(=O)(O)O. The fraction of sp³-hybridized carbons (Fsp3) is 0.600. The molecule has 1 aromatic carbocycles. The molecule has 0 fully saturated rings. The number of carboxylic acids is 1. The lowest BCUT2D eigenvalue weighted by molar-refractivity contribution is -0.136. The number of carbonyl (C=O) groups is 2. The van der Waals surface area contributed by atoms with E-state index in [1.165, 1.54) is 11.8 Å². The lowest BCUT2D eigenvalue weighted by Crippen LogP contribution is -2.11. The third kappa shape index (κ3) is 14.3. The molecule has 29 heavy (non-hydrogen) atoms. The molecule has 0 aromatic heterocycles. The average molecular weight is 446 g/mol. The predicted molar refractivity (Wildman–Crippen MR) is 117 cm³/mol. The number of benzene rings is 1. The Balaban J connectivity index is 2.12. The van der Waals surface area contributed by atoms with Gasteiger partial charge < -0.3 is 20.2 Å². The molecule has 164 valence electrons. The summed E-state index contributed by atoms with van der Waals surface area (Å²) in [6.07, 6.45) is 7.87. The second-order valence-corrected chi connectivity index (χ2v) is 9.92. The van der Waals surface area contributed by atoms with Crippen molar-refractivity contribution in [2.45, 2.75) is 69.1 Å². The van der Waals surface area contributed by atoms with Crippen LogP contribution >= 0.6 is 19.4 Å². The summed E-state index contributed by atoms with van der Waals surface area (Å²) < 4.78 is 10.7. The van der Waals surface area contributed by atoms with Gasteiger partial charge in [0.15, 0.2) is 0 Å². The maximum atomic E-state index is 12.2. The van der Waals surface area contributed by atoms with Crippen LogP contribution in [0.15, 0.2) is 29.2 Å². The van der Waals surface area contributed by atoms with Gasteiger partial charge in [0.1, 0.15) is 0 Å². The molecule has 0 spiro atoms. The van der Waals surface area contributed by atoms with Crippen molar-refractivity contribution in [3.05, 3.63) is 24.3 Å². The quantitative estimate of drug-likeness (QED) is 0.162. The summed E-state index contributed by atoms with van der Waals surface area (Å²) in [5.74, 6) is -0.407. The van der Waals surface area contributed by atoms with Crippen LogP contribution in [0.1, 0.15) is 64.2 Å². The molecule has 0 bridgehead atoms. The Labute approximate surface area is 176 Å². The molecule has 1 aromatic rings. The number of para-hydroxylation sites is 1. The van der Waals surface area contributed by atoms with Gasteiger partial charge in [0.2, 0.25) is 5.91 Å². The van der Waals surface area contributed by atoms with Crippen LogP contribution in [-0.2, 0) is 14.2 Å². The third-order valence-electron chi connectivity index (χ3n) is 4.34. The highest BCUT2D eigenvalue weighted by Gasteiger charge is 2.11. The minimum absolute atomic E-state index is 0.0245. The van der Waals surface area contributed by atoms with Gasteiger partial charge in [0.05, 0.1) is 12.1 Å². The zero-order valence-corrected chi connectivity index (χ0v) is 18.4. The Morgan fingerprint density at radius 1 is 0.897 bits per heavy atom. The van der Waals surface area contributed by atoms with Crippen molar-refractivity contribution in [2.75, 3.05) is 17.2 Å². The Hall–Kier alpha value is -1.34. The van der Waals surface area contributed by atoms with Gasteiger partial charge in [0, 0.05) is 23.2 Å². The molecule has 0 aliphatic rings. The van der Waals surface area contributed by atoms with E-state index >= 15 is 0 Å². The predicted octanol–water partition coefficient (Wildman–Crippen LogP) is 4.88. The lowest BCUT2D eigenvalue weighted by atomic mass is 10.1. The van der Waals surface area contributed by atoms with E-state index in [0.717, 1.165) is 55.5 Å². The summed E-state index contributed by atoms with van der Waals surface area (Å²) in [5, 5.41) is 11.7. The van der Waals surface area contributed by atoms with E-state index in [4.69, 9.17) is 14.9 Å². The Kier molecular flexibility index (Phi) is 12.9. The minimum atomic E-state index is -3.85. The number of unbranched alkanes of at least 4 members (excludes halogenated alkanes) is 7. The Morgan fingerprint density at radius 2 is 1.48 bits per heavy atom. The van der Waals surface area contributed by atoms with E-state index < -0.39 is 13.6 Å². The first-order valence-corrected chi connectivity index (χ1v) is 12.8. The third-order valence-corrected chi connectivity index (χ3v) is 6.31. The number of amides is 1. The van der Waals surface area contributed by atoms with E-state index in [0.29, 0.717) is 18.6 Å². The van der Waals surface area contributed by atoms with Gasteiger partial charge in [-0.3, -0.25) is 14.2 Å². The maximum Gasteiger partial charge on any atom is 0.325 e. The second-order valence-electron chi connectivity index (χ2n) is 7.00. The van der Waals surface area contributed by atoms with Crippen LogP contribution in [0.2, 0.25) is 0 Å². The topological polar surface area (TPSA) is 124 Å². The van der Waals surface area contributed by atoms with Crippen LogP contribution in [-0.4, -0.2) is 38.7 Å². The molecule has 0 unspecified atom stereocenters. The summed E-state index contributed by atoms with van der Waals surface area (Å²) in [4.78, 5) is 41.2. The molecule has 9 heteroatoms. The van der Waals surface area contributed by atoms with Gasteiger partial charge >= 0.3 is 13.6 Å². The molecule has 0 saturated carbocycles. The van der Waals surface area contributed by atoms with E-state index in [-0.39, 0.29) is 18.5 Å². The van der Waals surface area contributed by atoms with Crippen LogP contribution in [0.25, 0.3) is 0 Å². The largest absolute Gasteiger partial charge is 0.481 e. The number of aliphatic carboxylic acids is 1. The molecule has 0 aliphatic heterocycles. The normalized spacial score (nSPS) is 11.4. The molecule has 4 N–H and O–H groups in total. The standard InChI is InChI=1S/C20H32NO6PS/c22-19(13-7-5-3-1-2-4-6-10-15-28(25,26)27)21-17-11-8-9-12-18(17)29-16-14-20(23)24/h8-9,11-12H,1-7,10,13-16H2,(H,21,22)(H,23,24)(H2,25,26,27). The first-order valence-electron chi connectivity index (χ1n) is 10.1. The molecule has 0 radical (unpaired) electrons. The summed E-state index contributed by atoms with van der Waals surface area (Å²) in [7, 11) is -3.85. The zero-order chi connectivity index (χ0) is 21.5. The highest BCUT2D eigenvalue weighted by atomic mass is 32.2. The monoisotopic (exact) mass is 445 g/mol. The average Bonchev–Trinajstić information content (AvgIpc) is 2.63. The first-order chi connectivity index (χ1) is 13.8. The lowest BCUT2D eigenvalue weighted by Gasteiger charge is -2.10. The molecule has 7 nitrogen and oxygen atoms in total. The van der Waals surface area contributed by atoms with Crippen LogP contribution in [0.3, 0.4) is 0 Å². The number of nitrogens with one attached hydrogen (secondary N) is 1. The number of carboxylic acid groups (broad SMARTS) is 1. The van der Waals surface area contributed by atoms with E-state index in [1.54, 1.807) is 0 Å². The number of rotatable bonds is 16. The van der Waals surface area contributed by atoms with E-state index in [9.17, 15) is 14.2 Å². The van der Waals surface area contributed by atoms with Crippen LogP contribution in [0, 0.1) is 0 Å². The van der Waals surface area contributed by atoms with Gasteiger partial charge in [0.25, 0.3) is 0 Å². The summed E-state index contributed by atoms with van der Waals surface area (Å²) in [6.45, 7) is 0. The van der Waals surface area contributed by atoms with Crippen molar-refractivity contribution in [1.29, 1.82) is 0 Å². The van der Waals surface area contributed by atoms with E-state index in [2.05, 4.69) is 5.32 Å². The van der Waals surface area contributed by atoms with Gasteiger partial charge in [-0.15, -0.1) is 11.8 Å². The molecule has 0 heterocycles. The fourth-order valence-electron chi connectivity index (χ4n) is 2.82. The van der Waals surface area contributed by atoms with Gasteiger partial charge in [-0.25, -0.2) is 0 Å². The summed E-state index contributed by atoms with van der Waals surface area (Å²) in [6, 6.07) is 7.41. The van der Waals surface area contributed by atoms with E-state index in [1.807, 2.05) is 24.3 Å². The number of anilines is 1. The van der Waals surface area contributed by atoms with Crippen LogP contribution < -0.4 is 5.32 Å². The van der Waals surface area contributed by atoms with Crippen molar-refractivity contribution in [3.63, 3.8) is 0 Å². The molecule has 0 aliphatic carbocycles. The fourth-order valence-corrected chi connectivity index (χ4v) is 4.40. The molecule has 1 amide bonds. The smallest absolute Gasteiger partial charge is 0.325 e. The van der Waals surface area contributed by atoms with Crippen molar-refractivity contribution >= 4 is 36.9 Å². The van der Waals surface area contributed by atoms with Crippen molar-refractivity contribution in [1.82, 2.24) is 0 Å². The Bertz CT molecular complexity index is 679. The summed E-state index contributed by atoms with van der Waals surface area (Å²) >= 11 is 1.42. The molecule has 1 rings (SSSR count). The van der Waals surface area contributed by atoms with Crippen molar-refractivity contribution in [2.24, 2.45) is 0 Å². The maximum absolute atomic E-state index is 12.2. The van der Waals surface area contributed by atoms with Crippen molar-refractivity contribution in [3.8, 4) is 0 Å². The highest BCUT2D eigenvalue weighted by molar-refractivity contribution is 7.99. The highest BCUT2D eigenvalue weighted by Crippen LogP contribution is 2.35. The number of thioether (sulfide) groups is 1. The Morgan fingerprint density at radius 3 is 2.10 bits per heavy atom. The second kappa shape index (κ2) is 14.6. The number of hydrogen-bond donors (Lipinski definition) is 4. The summed E-state index contributed by atoms with van der Waals surface area (Å²) in [5.41, 5.74) is 0.725. The molecular formula is C20H32NO6PS. The van der Waals surface area contributed by atoms with Crippen molar-refractivity contribution < 1.29 is 29.0 Å². The molecular weight excluding hydrogens is 413 g/mol. The molecule has 0 saturated heterocycles. The minimum Gasteiger partial charge on any atom is -0.481 e. The van der Waals surface area contributed by atoms with Crippen LogP contribution in [0.4, 0.5) is 5.69 Å².